The number of carbonyl (C=O) groups is 3. The summed E-state index contributed by atoms with van der Waals surface area (Å²) in [5.74, 6) is -3.11. The quantitative estimate of drug-likeness (QED) is 0.761. The molecule has 0 aliphatic carbocycles. The summed E-state index contributed by atoms with van der Waals surface area (Å²) in [6.45, 7) is 5.78. The second-order valence-electron chi connectivity index (χ2n) is 7.61. The van der Waals surface area contributed by atoms with Gasteiger partial charge in [0.05, 0.1) is 1.37 Å². The van der Waals surface area contributed by atoms with Crippen LogP contribution in [-0.2, 0) is 16.1 Å². The largest absolute Gasteiger partial charge is 0.489 e. The summed E-state index contributed by atoms with van der Waals surface area (Å²) in [5.41, 5.74) is 0.624. The number of likely N-dealkylation sites (N-methyl/N-ethyl adjacent to an activating group) is 1. The number of hydrogen-bond donors (Lipinski definition) is 1. The number of nitrogens with one attached hydrogen (secondary N) is 1. The average molecular weight is 405 g/mol. The van der Waals surface area contributed by atoms with E-state index in [4.69, 9.17) is 11.6 Å². The SMILES string of the molecule is [2H]C1([2H])C(=O)NC(=O)C([2H])(N2Cc3cc(OC(C)[C@H]4CCCCN4CC)ccc3C2=O)C1([2H])[2H]. The lowest BCUT2D eigenvalue weighted by molar-refractivity contribution is -0.136. The molecule has 4 rings (SSSR count). The minimum Gasteiger partial charge on any atom is -0.489 e. The Balaban J connectivity index is 1.59. The number of amides is 3. The maximum absolute atomic E-state index is 13.1. The Labute approximate surface area is 178 Å². The van der Waals surface area contributed by atoms with Gasteiger partial charge in [-0.15, -0.1) is 0 Å². The first kappa shape index (κ1) is 14.6. The molecule has 1 aromatic carbocycles. The van der Waals surface area contributed by atoms with Crippen LogP contribution in [0.3, 0.4) is 0 Å². The highest BCUT2D eigenvalue weighted by Gasteiger charge is 2.39. The van der Waals surface area contributed by atoms with Crippen LogP contribution in [0.4, 0.5) is 0 Å². The van der Waals surface area contributed by atoms with Crippen molar-refractivity contribution in [1.82, 2.24) is 15.1 Å². The zero-order valence-corrected chi connectivity index (χ0v) is 16.7. The van der Waals surface area contributed by atoms with E-state index in [0.717, 1.165) is 32.4 Å². The van der Waals surface area contributed by atoms with Gasteiger partial charge in [-0.05, 0) is 63.0 Å². The molecule has 0 radical (unpaired) electrons. The van der Waals surface area contributed by atoms with Crippen LogP contribution in [0.15, 0.2) is 18.2 Å². The van der Waals surface area contributed by atoms with Gasteiger partial charge in [0.1, 0.15) is 17.9 Å². The van der Waals surface area contributed by atoms with Crippen LogP contribution < -0.4 is 10.1 Å². The zero-order valence-electron chi connectivity index (χ0n) is 21.7. The molecule has 0 saturated carbocycles. The molecular weight excluding hydrogens is 370 g/mol. The van der Waals surface area contributed by atoms with Crippen molar-refractivity contribution in [3.8, 4) is 5.75 Å². The number of imide groups is 1. The molecule has 2 unspecified atom stereocenters. The molecule has 0 bridgehead atoms. The van der Waals surface area contributed by atoms with E-state index in [2.05, 4.69) is 11.8 Å². The highest BCUT2D eigenvalue weighted by atomic mass is 16.5. The van der Waals surface area contributed by atoms with E-state index in [1.165, 1.54) is 6.07 Å². The molecular formula is C22H29N3O4. The van der Waals surface area contributed by atoms with Gasteiger partial charge in [0, 0.05) is 30.0 Å². The minimum absolute atomic E-state index is 0.106. The van der Waals surface area contributed by atoms with Gasteiger partial charge in [-0.2, -0.15) is 0 Å². The van der Waals surface area contributed by atoms with Crippen LogP contribution in [0.25, 0.3) is 0 Å². The highest BCUT2D eigenvalue weighted by Crippen LogP contribution is 2.31. The fourth-order valence-electron chi connectivity index (χ4n) is 4.34. The first-order chi connectivity index (χ1) is 15.9. The van der Waals surface area contributed by atoms with Crippen LogP contribution in [0.2, 0.25) is 0 Å². The second kappa shape index (κ2) is 8.14. The van der Waals surface area contributed by atoms with E-state index in [1.54, 1.807) is 17.4 Å². The zero-order chi connectivity index (χ0) is 25.1. The third-order valence-electron chi connectivity index (χ3n) is 5.82. The van der Waals surface area contributed by atoms with E-state index in [1.807, 2.05) is 6.92 Å². The number of piperidine rings is 2. The number of carbonyl (C=O) groups excluding carboxylic acids is 3. The van der Waals surface area contributed by atoms with Crippen molar-refractivity contribution in [3.63, 3.8) is 0 Å². The minimum atomic E-state index is -3.28. The summed E-state index contributed by atoms with van der Waals surface area (Å²) in [6, 6.07) is 2.07. The molecule has 7 nitrogen and oxygen atoms in total. The summed E-state index contributed by atoms with van der Waals surface area (Å²) in [7, 11) is 0. The third kappa shape index (κ3) is 3.88. The predicted octanol–water partition coefficient (Wildman–Crippen LogP) is 2.09. The molecule has 0 spiro atoms. The standard InChI is InChI=1S/C22H29N3O4/c1-3-24-11-5-4-6-18(24)14(2)29-16-7-8-17-15(12-16)13-25(22(17)28)19-9-10-20(26)23-21(19)27/h7-8,12,14,18-19H,3-6,9-11,13H2,1-2H3,(H,23,26,27)/t14?,18-,19?/m1/s1/i9D2,10D2,19D. The Morgan fingerprint density at radius 3 is 2.97 bits per heavy atom. The van der Waals surface area contributed by atoms with Gasteiger partial charge in [0.2, 0.25) is 11.8 Å². The molecule has 3 amide bonds. The molecule has 1 N–H and O–H groups in total. The summed E-state index contributed by atoms with van der Waals surface area (Å²) < 4.78 is 46.9. The molecule has 3 aliphatic rings. The van der Waals surface area contributed by atoms with Crippen molar-refractivity contribution in [1.29, 1.82) is 0 Å². The van der Waals surface area contributed by atoms with E-state index in [0.29, 0.717) is 16.2 Å². The lowest BCUT2D eigenvalue weighted by atomic mass is 9.98. The smallest absolute Gasteiger partial charge is 0.255 e. The number of ether oxygens (including phenoxy) is 1. The normalized spacial score (nSPS) is 34.8. The van der Waals surface area contributed by atoms with Crippen molar-refractivity contribution >= 4 is 17.7 Å². The predicted molar refractivity (Wildman–Crippen MR) is 107 cm³/mol. The van der Waals surface area contributed by atoms with E-state index >= 15 is 0 Å². The van der Waals surface area contributed by atoms with E-state index in [9.17, 15) is 14.4 Å². The molecule has 0 aromatic heterocycles. The maximum Gasteiger partial charge on any atom is 0.255 e. The molecule has 7 heteroatoms. The van der Waals surface area contributed by atoms with Gasteiger partial charge in [-0.1, -0.05) is 13.3 Å². The molecule has 29 heavy (non-hydrogen) atoms. The number of fused-ring (bicyclic) bond motifs is 1. The van der Waals surface area contributed by atoms with Crippen LogP contribution >= 0.6 is 0 Å². The lowest BCUT2D eigenvalue weighted by Crippen LogP contribution is -2.52. The maximum atomic E-state index is 13.1. The average Bonchev–Trinajstić information content (AvgIpc) is 3.13. The molecule has 156 valence electrons. The summed E-state index contributed by atoms with van der Waals surface area (Å²) >= 11 is 0. The fraction of sp³-hybridized carbons (Fsp3) is 0.591. The van der Waals surface area contributed by atoms with Gasteiger partial charge in [0.25, 0.3) is 5.91 Å². The Morgan fingerprint density at radius 2 is 2.17 bits per heavy atom. The second-order valence-corrected chi connectivity index (χ2v) is 7.61. The molecule has 3 heterocycles. The number of rotatable bonds is 5. The Hall–Kier alpha value is -2.41. The monoisotopic (exact) mass is 404 g/mol. The first-order valence-corrected chi connectivity index (χ1v) is 10.1. The molecule has 3 aliphatic heterocycles. The van der Waals surface area contributed by atoms with Crippen molar-refractivity contribution in [2.45, 2.75) is 70.6 Å². The number of likely N-dealkylation sites (tertiary alicyclic amines) is 1. The number of nitrogens with zero attached hydrogens (tertiary/aromatic N) is 2. The van der Waals surface area contributed by atoms with Crippen LogP contribution in [0, 0.1) is 0 Å². The molecule has 2 fully saturated rings. The lowest BCUT2D eigenvalue weighted by Gasteiger charge is -2.38. The van der Waals surface area contributed by atoms with Gasteiger partial charge in [-0.3, -0.25) is 24.6 Å². The number of benzene rings is 1. The van der Waals surface area contributed by atoms with Crippen molar-refractivity contribution in [3.05, 3.63) is 29.3 Å². The summed E-state index contributed by atoms with van der Waals surface area (Å²) in [5, 5.41) is 1.72. The van der Waals surface area contributed by atoms with Crippen LogP contribution in [0.5, 0.6) is 5.75 Å². The van der Waals surface area contributed by atoms with Crippen molar-refractivity contribution < 1.29 is 26.0 Å². The summed E-state index contributed by atoms with van der Waals surface area (Å²) in [6.07, 6.45) is -3.26. The summed E-state index contributed by atoms with van der Waals surface area (Å²) in [4.78, 5) is 40.7. The Bertz CT molecular complexity index is 1040. The highest BCUT2D eigenvalue weighted by molar-refractivity contribution is 6.05. The van der Waals surface area contributed by atoms with Gasteiger partial charge in [-0.25, -0.2) is 0 Å². The van der Waals surface area contributed by atoms with Crippen LogP contribution in [-0.4, -0.2) is 58.8 Å². The van der Waals surface area contributed by atoms with E-state index in [-0.39, 0.29) is 24.3 Å². The van der Waals surface area contributed by atoms with Gasteiger partial charge < -0.3 is 9.64 Å². The fourth-order valence-corrected chi connectivity index (χ4v) is 4.34. The van der Waals surface area contributed by atoms with Crippen molar-refractivity contribution in [2.24, 2.45) is 0 Å². The third-order valence-corrected chi connectivity index (χ3v) is 5.82. The Morgan fingerprint density at radius 1 is 1.34 bits per heavy atom. The van der Waals surface area contributed by atoms with E-state index < -0.39 is 36.5 Å². The molecule has 2 saturated heterocycles. The first-order valence-electron chi connectivity index (χ1n) is 12.6. The molecule has 3 atom stereocenters. The van der Waals surface area contributed by atoms with Crippen molar-refractivity contribution in [2.75, 3.05) is 13.1 Å². The topological polar surface area (TPSA) is 79.0 Å². The van der Waals surface area contributed by atoms with Gasteiger partial charge >= 0.3 is 0 Å². The van der Waals surface area contributed by atoms with Gasteiger partial charge in [0.15, 0.2) is 0 Å². The number of hydrogen-bond acceptors (Lipinski definition) is 5. The Kier molecular flexibility index (Phi) is 4.09. The van der Waals surface area contributed by atoms with Crippen LogP contribution in [0.1, 0.15) is 68.6 Å². The molecule has 1 aromatic rings.